The molecule has 4 rings (SSSR count). The third-order valence-corrected chi connectivity index (χ3v) is 7.51. The summed E-state index contributed by atoms with van der Waals surface area (Å²) in [6.45, 7) is 1.13. The van der Waals surface area contributed by atoms with Gasteiger partial charge < -0.3 is 10.1 Å². The third-order valence-electron chi connectivity index (χ3n) is 5.72. The summed E-state index contributed by atoms with van der Waals surface area (Å²) in [7, 11) is -4.02. The standard InChI is InChI=1S/C30H27FN4O5S/c1-22-7-17-28(18-8-22)41(38,39)35(26-5-3-2-4-6-26)20-29(36)34-32-19-23-9-15-27(16-10-23)40-21-30(37)33-25-13-11-24(31)12-14-25/h2-19H,20-21H2,1H3,(H,33,37)(H,34,36)/b32-19-. The lowest BCUT2D eigenvalue weighted by molar-refractivity contribution is -0.119. The van der Waals surface area contributed by atoms with E-state index < -0.39 is 34.2 Å². The molecule has 0 saturated carbocycles. The first-order valence-corrected chi connectivity index (χ1v) is 13.9. The zero-order valence-electron chi connectivity index (χ0n) is 22.0. The molecule has 0 heterocycles. The zero-order valence-corrected chi connectivity index (χ0v) is 22.8. The van der Waals surface area contributed by atoms with Crippen LogP contribution in [0, 0.1) is 12.7 Å². The minimum absolute atomic E-state index is 0.0681. The van der Waals surface area contributed by atoms with E-state index in [-0.39, 0.29) is 11.5 Å². The molecule has 0 aliphatic heterocycles. The summed E-state index contributed by atoms with van der Waals surface area (Å²) < 4.78 is 46.2. The number of benzene rings is 4. The number of nitrogens with one attached hydrogen (secondary N) is 2. The summed E-state index contributed by atoms with van der Waals surface area (Å²) >= 11 is 0. The van der Waals surface area contributed by atoms with Crippen LogP contribution in [-0.4, -0.2) is 39.6 Å². The van der Waals surface area contributed by atoms with E-state index in [1.165, 1.54) is 42.6 Å². The van der Waals surface area contributed by atoms with Gasteiger partial charge in [0, 0.05) is 5.69 Å². The highest BCUT2D eigenvalue weighted by atomic mass is 32.2. The molecule has 0 radical (unpaired) electrons. The highest BCUT2D eigenvalue weighted by Crippen LogP contribution is 2.23. The number of rotatable bonds is 11. The van der Waals surface area contributed by atoms with Crippen molar-refractivity contribution in [3.8, 4) is 5.75 Å². The number of para-hydroxylation sites is 1. The Bertz CT molecular complexity index is 1610. The van der Waals surface area contributed by atoms with Gasteiger partial charge in [0.05, 0.1) is 16.8 Å². The number of halogens is 1. The average Bonchev–Trinajstić information content (AvgIpc) is 2.97. The van der Waals surface area contributed by atoms with Crippen LogP contribution in [0.25, 0.3) is 0 Å². The maximum atomic E-state index is 13.4. The highest BCUT2D eigenvalue weighted by Gasteiger charge is 2.27. The molecule has 0 atom stereocenters. The SMILES string of the molecule is Cc1ccc(S(=O)(=O)N(CC(=O)N/N=C\c2ccc(OCC(=O)Nc3ccc(F)cc3)cc2)c2ccccc2)cc1. The van der Waals surface area contributed by atoms with Gasteiger partial charge in [-0.25, -0.2) is 18.2 Å². The topological polar surface area (TPSA) is 117 Å². The van der Waals surface area contributed by atoms with E-state index in [1.807, 2.05) is 6.92 Å². The quantitative estimate of drug-likeness (QED) is 0.202. The van der Waals surface area contributed by atoms with Gasteiger partial charge in [0.2, 0.25) is 0 Å². The van der Waals surface area contributed by atoms with Gasteiger partial charge in [-0.15, -0.1) is 0 Å². The molecule has 0 bridgehead atoms. The summed E-state index contributed by atoms with van der Waals surface area (Å²) in [5.74, 6) is -1.00. The summed E-state index contributed by atoms with van der Waals surface area (Å²) in [4.78, 5) is 24.8. The second kappa shape index (κ2) is 13.4. The molecule has 4 aromatic carbocycles. The van der Waals surface area contributed by atoms with Crippen LogP contribution in [0.1, 0.15) is 11.1 Å². The number of hydrogen-bond donors (Lipinski definition) is 2. The van der Waals surface area contributed by atoms with Crippen molar-refractivity contribution >= 4 is 39.4 Å². The van der Waals surface area contributed by atoms with E-state index in [9.17, 15) is 22.4 Å². The highest BCUT2D eigenvalue weighted by molar-refractivity contribution is 7.92. The molecule has 0 aromatic heterocycles. The first-order chi connectivity index (χ1) is 19.7. The molecule has 4 aromatic rings. The smallest absolute Gasteiger partial charge is 0.264 e. The lowest BCUT2D eigenvalue weighted by Crippen LogP contribution is -2.39. The molecule has 2 amide bonds. The largest absolute Gasteiger partial charge is 0.484 e. The number of carbonyl (C=O) groups is 2. The lowest BCUT2D eigenvalue weighted by atomic mass is 10.2. The third kappa shape index (κ3) is 8.23. The molecule has 11 heteroatoms. The van der Waals surface area contributed by atoms with Gasteiger partial charge in [-0.2, -0.15) is 5.10 Å². The van der Waals surface area contributed by atoms with E-state index in [1.54, 1.807) is 66.7 Å². The first kappa shape index (κ1) is 29.0. The fourth-order valence-corrected chi connectivity index (χ4v) is 5.04. The normalized spacial score (nSPS) is 11.2. The van der Waals surface area contributed by atoms with Crippen molar-refractivity contribution in [2.75, 3.05) is 22.8 Å². The molecular formula is C30H27FN4O5S. The predicted octanol–water partition coefficient (Wildman–Crippen LogP) is 4.50. The Kier molecular flexibility index (Phi) is 9.43. The van der Waals surface area contributed by atoms with Gasteiger partial charge in [0.25, 0.3) is 21.8 Å². The van der Waals surface area contributed by atoms with E-state index in [4.69, 9.17) is 4.74 Å². The van der Waals surface area contributed by atoms with Crippen LogP contribution in [0.3, 0.4) is 0 Å². The van der Waals surface area contributed by atoms with Crippen LogP contribution in [0.15, 0.2) is 113 Å². The van der Waals surface area contributed by atoms with E-state index in [0.29, 0.717) is 22.7 Å². The number of aryl methyl sites for hydroxylation is 1. The number of sulfonamides is 1. The molecule has 9 nitrogen and oxygen atoms in total. The van der Waals surface area contributed by atoms with E-state index >= 15 is 0 Å². The van der Waals surface area contributed by atoms with Crippen LogP contribution in [-0.2, 0) is 19.6 Å². The van der Waals surface area contributed by atoms with Crippen molar-refractivity contribution in [2.24, 2.45) is 5.10 Å². The van der Waals surface area contributed by atoms with Crippen molar-refractivity contribution in [1.82, 2.24) is 5.43 Å². The Hall–Kier alpha value is -5.03. The van der Waals surface area contributed by atoms with Gasteiger partial charge in [-0.3, -0.25) is 13.9 Å². The monoisotopic (exact) mass is 574 g/mol. The lowest BCUT2D eigenvalue weighted by Gasteiger charge is -2.23. The Morgan fingerprint density at radius 3 is 2.20 bits per heavy atom. The van der Waals surface area contributed by atoms with Gasteiger partial charge in [-0.05, 0) is 85.3 Å². The maximum absolute atomic E-state index is 13.4. The van der Waals surface area contributed by atoms with Crippen molar-refractivity contribution in [3.63, 3.8) is 0 Å². The second-order valence-corrected chi connectivity index (χ2v) is 10.7. The first-order valence-electron chi connectivity index (χ1n) is 12.5. The second-order valence-electron chi connectivity index (χ2n) is 8.87. The number of carbonyl (C=O) groups excluding carboxylic acids is 2. The molecule has 0 saturated heterocycles. The molecule has 0 fully saturated rings. The van der Waals surface area contributed by atoms with Gasteiger partial charge in [0.15, 0.2) is 6.61 Å². The Morgan fingerprint density at radius 2 is 1.54 bits per heavy atom. The van der Waals surface area contributed by atoms with Crippen LogP contribution in [0.2, 0.25) is 0 Å². The van der Waals surface area contributed by atoms with Gasteiger partial charge in [-0.1, -0.05) is 35.9 Å². The van der Waals surface area contributed by atoms with Crippen LogP contribution in [0.5, 0.6) is 5.75 Å². The Morgan fingerprint density at radius 1 is 0.878 bits per heavy atom. The Balaban J connectivity index is 1.32. The number of ether oxygens (including phenoxy) is 1. The average molecular weight is 575 g/mol. The minimum atomic E-state index is -4.02. The molecule has 210 valence electrons. The summed E-state index contributed by atoms with van der Waals surface area (Å²) in [5, 5.41) is 6.53. The molecule has 2 N–H and O–H groups in total. The van der Waals surface area contributed by atoms with Crippen molar-refractivity contribution in [3.05, 3.63) is 120 Å². The van der Waals surface area contributed by atoms with Crippen LogP contribution < -0.4 is 19.8 Å². The summed E-state index contributed by atoms with van der Waals surface area (Å²) in [6, 6.07) is 26.7. The number of hydrazone groups is 1. The number of anilines is 2. The summed E-state index contributed by atoms with van der Waals surface area (Å²) in [5.41, 5.74) is 4.69. The minimum Gasteiger partial charge on any atom is -0.484 e. The van der Waals surface area contributed by atoms with Gasteiger partial charge >= 0.3 is 0 Å². The molecular weight excluding hydrogens is 547 g/mol. The fraction of sp³-hybridized carbons (Fsp3) is 0.100. The zero-order chi connectivity index (χ0) is 29.2. The number of hydrogen-bond acceptors (Lipinski definition) is 6. The molecule has 0 spiro atoms. The van der Waals surface area contributed by atoms with Crippen molar-refractivity contribution < 1.29 is 27.1 Å². The van der Waals surface area contributed by atoms with Gasteiger partial charge in [0.1, 0.15) is 18.1 Å². The molecule has 0 aliphatic rings. The van der Waals surface area contributed by atoms with Crippen LogP contribution >= 0.6 is 0 Å². The fourth-order valence-electron chi connectivity index (χ4n) is 3.62. The molecule has 0 unspecified atom stereocenters. The molecule has 0 aliphatic carbocycles. The number of amides is 2. The van der Waals surface area contributed by atoms with E-state index in [0.717, 1.165) is 9.87 Å². The predicted molar refractivity (Wildman–Crippen MR) is 155 cm³/mol. The van der Waals surface area contributed by atoms with Crippen LogP contribution in [0.4, 0.5) is 15.8 Å². The Labute approximate surface area is 237 Å². The van der Waals surface area contributed by atoms with Crippen molar-refractivity contribution in [1.29, 1.82) is 0 Å². The summed E-state index contributed by atoms with van der Waals surface area (Å²) in [6.07, 6.45) is 1.39. The molecule has 41 heavy (non-hydrogen) atoms. The maximum Gasteiger partial charge on any atom is 0.264 e. The number of nitrogens with zero attached hydrogens (tertiary/aromatic N) is 2. The van der Waals surface area contributed by atoms with Crippen molar-refractivity contribution in [2.45, 2.75) is 11.8 Å². The van der Waals surface area contributed by atoms with E-state index in [2.05, 4.69) is 15.8 Å².